The number of carbonyl (C=O) groups excluding carboxylic acids is 1. The number of hydrogen-bond acceptors (Lipinski definition) is 7. The van der Waals surface area contributed by atoms with Crippen molar-refractivity contribution >= 4 is 24.4 Å². The maximum atomic E-state index is 12.2. The summed E-state index contributed by atoms with van der Waals surface area (Å²) in [6.07, 6.45) is 1.55. The zero-order valence-electron chi connectivity index (χ0n) is 14.6. The molecular weight excluding hydrogens is 365 g/mol. The van der Waals surface area contributed by atoms with Crippen LogP contribution in [0.3, 0.4) is 0 Å². The van der Waals surface area contributed by atoms with Gasteiger partial charge in [0.2, 0.25) is 5.91 Å². The van der Waals surface area contributed by atoms with Crippen molar-refractivity contribution in [2.24, 2.45) is 0 Å². The molecule has 2 heterocycles. The molecule has 140 valence electrons. The number of aryl methyl sites for hydroxylation is 2. The van der Waals surface area contributed by atoms with Crippen LogP contribution in [-0.4, -0.2) is 39.2 Å². The zero-order chi connectivity index (χ0) is 19.1. The number of aromatic nitrogens is 2. The molecule has 3 N–H and O–H groups in total. The van der Waals surface area contributed by atoms with E-state index in [1.54, 1.807) is 11.3 Å². The first-order chi connectivity index (χ1) is 13.1. The highest BCUT2D eigenvalue weighted by Crippen LogP contribution is 2.16. The molecule has 7 nitrogen and oxygen atoms in total. The lowest BCUT2D eigenvalue weighted by Gasteiger charge is -2.17. The van der Waals surface area contributed by atoms with Gasteiger partial charge in [-0.3, -0.25) is 4.79 Å². The van der Waals surface area contributed by atoms with E-state index in [4.69, 9.17) is 4.52 Å². The smallest absolute Gasteiger partial charge is 0.426 e. The Hall–Kier alpha value is -2.49. The Morgan fingerprint density at radius 3 is 2.74 bits per heavy atom. The van der Waals surface area contributed by atoms with E-state index in [1.165, 1.54) is 0 Å². The third-order valence-electron chi connectivity index (χ3n) is 4.09. The molecule has 1 aromatic carbocycles. The third kappa shape index (κ3) is 5.75. The SMILES string of the molecule is O=C(CCc1noc(-c2ccccc2)n1)N[C@@H](CCc1ccsc1)B(O)O. The summed E-state index contributed by atoms with van der Waals surface area (Å²) in [6.45, 7) is 0. The highest BCUT2D eigenvalue weighted by atomic mass is 32.1. The van der Waals surface area contributed by atoms with Crippen LogP contribution in [0.1, 0.15) is 24.2 Å². The van der Waals surface area contributed by atoms with Crippen LogP contribution in [-0.2, 0) is 17.6 Å². The van der Waals surface area contributed by atoms with Crippen molar-refractivity contribution in [2.75, 3.05) is 0 Å². The monoisotopic (exact) mass is 385 g/mol. The molecule has 27 heavy (non-hydrogen) atoms. The fraction of sp³-hybridized carbons (Fsp3) is 0.278. The first kappa shape index (κ1) is 19.3. The molecule has 0 aliphatic heterocycles. The van der Waals surface area contributed by atoms with Crippen LogP contribution in [0.25, 0.3) is 11.5 Å². The maximum absolute atomic E-state index is 12.2. The van der Waals surface area contributed by atoms with Crippen LogP contribution >= 0.6 is 11.3 Å². The minimum Gasteiger partial charge on any atom is -0.426 e. The molecule has 3 rings (SSSR count). The molecule has 0 aliphatic rings. The molecule has 0 spiro atoms. The van der Waals surface area contributed by atoms with Gasteiger partial charge < -0.3 is 19.9 Å². The fourth-order valence-electron chi connectivity index (χ4n) is 2.61. The Morgan fingerprint density at radius 2 is 2.04 bits per heavy atom. The Morgan fingerprint density at radius 1 is 1.22 bits per heavy atom. The summed E-state index contributed by atoms with van der Waals surface area (Å²) in [7, 11) is -1.61. The average Bonchev–Trinajstić information content (AvgIpc) is 3.36. The second kappa shape index (κ2) is 9.45. The first-order valence-corrected chi connectivity index (χ1v) is 9.60. The van der Waals surface area contributed by atoms with Crippen molar-refractivity contribution in [1.82, 2.24) is 15.5 Å². The van der Waals surface area contributed by atoms with Crippen molar-refractivity contribution in [3.05, 3.63) is 58.5 Å². The van der Waals surface area contributed by atoms with Gasteiger partial charge in [0.05, 0.1) is 5.94 Å². The van der Waals surface area contributed by atoms with E-state index in [0.29, 0.717) is 31.0 Å². The number of thiophene rings is 1. The summed E-state index contributed by atoms with van der Waals surface area (Å²) in [5.41, 5.74) is 1.93. The molecule has 1 amide bonds. The number of amides is 1. The summed E-state index contributed by atoms with van der Waals surface area (Å²) in [5.74, 6) is -0.166. The molecule has 3 aromatic rings. The van der Waals surface area contributed by atoms with Crippen LogP contribution in [0, 0.1) is 0 Å². The number of hydrogen-bond donors (Lipinski definition) is 3. The average molecular weight is 385 g/mol. The van der Waals surface area contributed by atoms with Gasteiger partial charge in [0.25, 0.3) is 5.89 Å². The highest BCUT2D eigenvalue weighted by molar-refractivity contribution is 7.07. The highest BCUT2D eigenvalue weighted by Gasteiger charge is 2.25. The maximum Gasteiger partial charge on any atom is 0.475 e. The summed E-state index contributed by atoms with van der Waals surface area (Å²) < 4.78 is 5.21. The van der Waals surface area contributed by atoms with Gasteiger partial charge in [-0.1, -0.05) is 23.4 Å². The van der Waals surface area contributed by atoms with Crippen LogP contribution in [0.4, 0.5) is 0 Å². The van der Waals surface area contributed by atoms with Gasteiger partial charge >= 0.3 is 7.12 Å². The lowest BCUT2D eigenvalue weighted by atomic mass is 9.76. The van der Waals surface area contributed by atoms with Crippen molar-refractivity contribution in [3.63, 3.8) is 0 Å². The predicted octanol–water partition coefficient (Wildman–Crippen LogP) is 1.86. The molecular formula is C18H20BN3O4S. The third-order valence-corrected chi connectivity index (χ3v) is 4.83. The van der Waals surface area contributed by atoms with E-state index in [-0.39, 0.29) is 12.3 Å². The van der Waals surface area contributed by atoms with Gasteiger partial charge in [-0.15, -0.1) is 0 Å². The summed E-state index contributed by atoms with van der Waals surface area (Å²) in [4.78, 5) is 16.4. The minimum absolute atomic E-state index is 0.134. The first-order valence-electron chi connectivity index (χ1n) is 8.66. The van der Waals surface area contributed by atoms with E-state index < -0.39 is 13.1 Å². The van der Waals surface area contributed by atoms with Crippen molar-refractivity contribution in [1.29, 1.82) is 0 Å². The largest absolute Gasteiger partial charge is 0.475 e. The van der Waals surface area contributed by atoms with Crippen molar-refractivity contribution < 1.29 is 19.4 Å². The van der Waals surface area contributed by atoms with Crippen LogP contribution in [0.2, 0.25) is 0 Å². The molecule has 0 aliphatic carbocycles. The quantitative estimate of drug-likeness (QED) is 0.485. The molecule has 0 saturated carbocycles. The molecule has 0 bridgehead atoms. The number of benzene rings is 1. The number of nitrogens with one attached hydrogen (secondary N) is 1. The molecule has 9 heteroatoms. The summed E-state index contributed by atoms with van der Waals surface area (Å²) in [6, 6.07) is 11.4. The van der Waals surface area contributed by atoms with E-state index in [9.17, 15) is 14.8 Å². The number of rotatable bonds is 9. The van der Waals surface area contributed by atoms with Crippen LogP contribution in [0.5, 0.6) is 0 Å². The predicted molar refractivity (Wildman–Crippen MR) is 103 cm³/mol. The molecule has 0 radical (unpaired) electrons. The van der Waals surface area contributed by atoms with E-state index in [0.717, 1.165) is 11.1 Å². The minimum atomic E-state index is -1.61. The Bertz CT molecular complexity index is 839. The van der Waals surface area contributed by atoms with Crippen molar-refractivity contribution in [3.8, 4) is 11.5 Å². The molecule has 0 fully saturated rings. The Balaban J connectivity index is 1.48. The fourth-order valence-corrected chi connectivity index (χ4v) is 3.31. The van der Waals surface area contributed by atoms with E-state index >= 15 is 0 Å². The van der Waals surface area contributed by atoms with Crippen LogP contribution < -0.4 is 5.32 Å². The lowest BCUT2D eigenvalue weighted by molar-refractivity contribution is -0.121. The topological polar surface area (TPSA) is 108 Å². The molecule has 1 atom stereocenters. The Kier molecular flexibility index (Phi) is 6.75. The molecule has 0 saturated heterocycles. The Labute approximate surface area is 161 Å². The van der Waals surface area contributed by atoms with Crippen molar-refractivity contribution in [2.45, 2.75) is 31.6 Å². The van der Waals surface area contributed by atoms with E-state index in [1.807, 2.05) is 47.2 Å². The second-order valence-electron chi connectivity index (χ2n) is 6.14. The van der Waals surface area contributed by atoms with Gasteiger partial charge in [-0.2, -0.15) is 16.3 Å². The van der Waals surface area contributed by atoms with Gasteiger partial charge in [0.1, 0.15) is 0 Å². The summed E-state index contributed by atoms with van der Waals surface area (Å²) >= 11 is 1.58. The van der Waals surface area contributed by atoms with Gasteiger partial charge in [-0.05, 0) is 47.4 Å². The lowest BCUT2D eigenvalue weighted by Crippen LogP contribution is -2.46. The normalized spacial score (nSPS) is 11.9. The number of nitrogens with zero attached hydrogens (tertiary/aromatic N) is 2. The molecule has 0 unspecified atom stereocenters. The van der Waals surface area contributed by atoms with Gasteiger partial charge in [0.15, 0.2) is 5.82 Å². The standard InChI is InChI=1S/C18H20BN3O4S/c23-17(20-15(19(24)25)7-6-13-10-11-27-12-13)9-8-16-21-18(26-22-16)14-4-2-1-3-5-14/h1-5,10-12,15,24-25H,6-9H2,(H,20,23)/t15-/m0/s1. The van der Waals surface area contributed by atoms with Crippen LogP contribution in [0.15, 0.2) is 51.7 Å². The van der Waals surface area contributed by atoms with Gasteiger partial charge in [0, 0.05) is 18.4 Å². The summed E-state index contributed by atoms with van der Waals surface area (Å²) in [5, 5.41) is 29.5. The van der Waals surface area contributed by atoms with Gasteiger partial charge in [-0.25, -0.2) is 0 Å². The number of carbonyl (C=O) groups is 1. The van der Waals surface area contributed by atoms with E-state index in [2.05, 4.69) is 15.5 Å². The second-order valence-corrected chi connectivity index (χ2v) is 6.92. The molecule has 2 aromatic heterocycles. The zero-order valence-corrected chi connectivity index (χ0v) is 15.4.